The van der Waals surface area contributed by atoms with Crippen molar-refractivity contribution in [3.8, 4) is 39.4 Å². The number of aromatic nitrogens is 4. The quantitative estimate of drug-likeness (QED) is 0.0641. The minimum Gasteiger partial charge on any atom is -0.489 e. The third-order valence-corrected chi connectivity index (χ3v) is 12.4. The second kappa shape index (κ2) is 20.6. The maximum atomic E-state index is 14.2. The van der Waals surface area contributed by atoms with Crippen molar-refractivity contribution in [2.24, 2.45) is 0 Å². The maximum absolute atomic E-state index is 14.2. The number of rotatable bonds is 16. The van der Waals surface area contributed by atoms with Gasteiger partial charge in [-0.25, -0.2) is 19.6 Å². The molecule has 0 spiro atoms. The van der Waals surface area contributed by atoms with Gasteiger partial charge in [0.1, 0.15) is 36.1 Å². The minimum atomic E-state index is -1.29. The lowest BCUT2D eigenvalue weighted by Crippen LogP contribution is -2.53. The molecule has 2 saturated heterocycles. The summed E-state index contributed by atoms with van der Waals surface area (Å²) in [6.45, 7) is 3.13. The van der Waals surface area contributed by atoms with Crippen LogP contribution in [0.2, 0.25) is 0 Å². The van der Waals surface area contributed by atoms with E-state index in [0.29, 0.717) is 43.5 Å². The van der Waals surface area contributed by atoms with Crippen molar-refractivity contribution in [1.82, 2.24) is 40.4 Å². The van der Waals surface area contributed by atoms with Gasteiger partial charge in [-0.2, -0.15) is 0 Å². The van der Waals surface area contributed by atoms with Crippen LogP contribution in [0.15, 0.2) is 116 Å². The molecule has 2 aliphatic heterocycles. The Morgan fingerprint density at radius 3 is 1.74 bits per heavy atom. The fraction of sp³-hybridized carbons (Fsp3) is 0.320. The van der Waals surface area contributed by atoms with Gasteiger partial charge < -0.3 is 49.7 Å². The molecule has 6 aromatic rings. The average molecular weight is 895 g/mol. The lowest BCUT2D eigenvalue weighted by Gasteiger charge is -2.30. The van der Waals surface area contributed by atoms with Crippen LogP contribution < -0.4 is 15.4 Å². The maximum Gasteiger partial charge on any atom is 0.407 e. The summed E-state index contributed by atoms with van der Waals surface area (Å²) in [6.07, 6.45) is 4.20. The van der Waals surface area contributed by atoms with Gasteiger partial charge in [-0.15, -0.1) is 0 Å². The number of carbonyl (C=O) groups excluding carboxylic acids is 3. The Bertz CT molecular complexity index is 2600. The monoisotopic (exact) mass is 894 g/mol. The number of hydrogen-bond donors (Lipinski definition) is 5. The molecule has 5 N–H and O–H groups in total. The van der Waals surface area contributed by atoms with Crippen LogP contribution in [0, 0.1) is 0 Å². The Morgan fingerprint density at radius 1 is 0.697 bits per heavy atom. The van der Waals surface area contributed by atoms with E-state index >= 15 is 0 Å². The molecular formula is C50H54N8O8. The van der Waals surface area contributed by atoms with Crippen molar-refractivity contribution in [3.05, 3.63) is 138 Å². The van der Waals surface area contributed by atoms with Crippen LogP contribution in [0.5, 0.6) is 5.75 Å². The van der Waals surface area contributed by atoms with Crippen molar-refractivity contribution in [2.45, 2.75) is 75.9 Å². The lowest BCUT2D eigenvalue weighted by atomic mass is 10.0. The van der Waals surface area contributed by atoms with Crippen LogP contribution in [0.1, 0.15) is 67.5 Å². The van der Waals surface area contributed by atoms with Gasteiger partial charge in [-0.3, -0.25) is 9.59 Å². The number of methoxy groups -OCH3 is 2. The number of benzene rings is 4. The highest BCUT2D eigenvalue weighted by Crippen LogP contribution is 2.35. The summed E-state index contributed by atoms with van der Waals surface area (Å²) in [5.41, 5.74) is 7.48. The number of likely N-dealkylation sites (tertiary alicyclic amines) is 2. The van der Waals surface area contributed by atoms with E-state index in [-0.39, 0.29) is 30.3 Å². The number of carbonyl (C=O) groups is 4. The van der Waals surface area contributed by atoms with Crippen molar-refractivity contribution in [3.63, 3.8) is 0 Å². The Labute approximate surface area is 382 Å². The molecule has 0 saturated carbocycles. The largest absolute Gasteiger partial charge is 0.489 e. The molecule has 0 aliphatic carbocycles. The van der Waals surface area contributed by atoms with E-state index in [4.69, 9.17) is 19.2 Å². The Kier molecular flexibility index (Phi) is 14.1. The SMILES string of the molecule is COC(=O)N[C@@H](Cc1ccc(OCc2ccccc2)cc1)C(=O)N1CCC[C@H]1c1ncc(-c2ccc(-c3ccc(-c4cnc([C@@H]5CCCN5C(=O)[C@@H](NC(=O)O)[C@@H](C)OC)[nH]4)cc3)cc2)[nH]1. The fourth-order valence-electron chi connectivity index (χ4n) is 8.75. The molecule has 4 heterocycles. The molecule has 66 heavy (non-hydrogen) atoms. The molecule has 5 atom stereocenters. The van der Waals surface area contributed by atoms with Crippen LogP contribution in [0.4, 0.5) is 9.59 Å². The molecule has 2 aromatic heterocycles. The highest BCUT2D eigenvalue weighted by atomic mass is 16.5. The molecule has 342 valence electrons. The number of carboxylic acid groups (broad SMARTS) is 1. The van der Waals surface area contributed by atoms with Gasteiger partial charge in [-0.1, -0.05) is 91.0 Å². The van der Waals surface area contributed by atoms with Crippen molar-refractivity contribution in [2.75, 3.05) is 27.3 Å². The van der Waals surface area contributed by atoms with E-state index in [0.717, 1.165) is 64.0 Å². The van der Waals surface area contributed by atoms with Gasteiger partial charge in [0.2, 0.25) is 11.8 Å². The van der Waals surface area contributed by atoms with Crippen molar-refractivity contribution in [1.29, 1.82) is 0 Å². The smallest absolute Gasteiger partial charge is 0.407 e. The van der Waals surface area contributed by atoms with Gasteiger partial charge >= 0.3 is 12.2 Å². The van der Waals surface area contributed by atoms with Crippen LogP contribution in [-0.4, -0.2) is 104 Å². The van der Waals surface area contributed by atoms with Gasteiger partial charge in [-0.05, 0) is 78.1 Å². The number of nitrogens with zero attached hydrogens (tertiary/aromatic N) is 4. The van der Waals surface area contributed by atoms with E-state index < -0.39 is 30.4 Å². The van der Waals surface area contributed by atoms with Crippen LogP contribution >= 0.6 is 0 Å². The zero-order valence-electron chi connectivity index (χ0n) is 37.1. The molecule has 4 amide bonds. The molecule has 2 aliphatic rings. The first-order valence-corrected chi connectivity index (χ1v) is 22.1. The first-order valence-electron chi connectivity index (χ1n) is 22.1. The summed E-state index contributed by atoms with van der Waals surface area (Å²) in [5.74, 6) is 1.48. The fourth-order valence-corrected chi connectivity index (χ4v) is 8.75. The van der Waals surface area contributed by atoms with Gasteiger partial charge in [0, 0.05) is 26.6 Å². The van der Waals surface area contributed by atoms with Crippen molar-refractivity contribution >= 4 is 24.0 Å². The topological polar surface area (TPSA) is 204 Å². The first kappa shape index (κ1) is 45.1. The zero-order valence-corrected chi connectivity index (χ0v) is 37.1. The minimum absolute atomic E-state index is 0.209. The standard InChI is InChI=1S/C50H54N8O8/c1-31(64-2)44(56-49(61)62)48(60)58-26-8-12-43(58)46-52-29-41(54-46)37-21-17-35(18-22-37)34-15-19-36(20-16-34)40-28-51-45(53-40)42-11-7-25-57(42)47(59)39(55-50(63)65-3)27-32-13-23-38(24-14-32)66-30-33-9-5-4-6-10-33/h4-6,9-10,13-24,28-29,31,39,42-44,56H,7-8,11-12,25-27,30H2,1-3H3,(H,51,53)(H,52,54)(H,55,63)(H,61,62)/t31-,39+,42+,43+,44+/m1/s1. The highest BCUT2D eigenvalue weighted by Gasteiger charge is 2.39. The second-order valence-corrected chi connectivity index (χ2v) is 16.6. The molecule has 2 fully saturated rings. The van der Waals surface area contributed by atoms with Crippen LogP contribution in [0.3, 0.4) is 0 Å². The summed E-state index contributed by atoms with van der Waals surface area (Å²) >= 11 is 0. The van der Waals surface area contributed by atoms with Crippen LogP contribution in [0.25, 0.3) is 33.6 Å². The van der Waals surface area contributed by atoms with Crippen molar-refractivity contribution < 1.29 is 38.5 Å². The van der Waals surface area contributed by atoms with Crippen LogP contribution in [-0.2, 0) is 32.1 Å². The molecule has 16 heteroatoms. The van der Waals surface area contributed by atoms with Gasteiger partial charge in [0.25, 0.3) is 0 Å². The second-order valence-electron chi connectivity index (χ2n) is 16.6. The predicted octanol–water partition coefficient (Wildman–Crippen LogP) is 7.68. The zero-order chi connectivity index (χ0) is 46.2. The Hall–Kier alpha value is -7.46. The normalized spacial score (nSPS) is 17.2. The number of hydrogen-bond acceptors (Lipinski definition) is 9. The summed E-state index contributed by atoms with van der Waals surface area (Å²) < 4.78 is 16.2. The third kappa shape index (κ3) is 10.4. The van der Waals surface area contributed by atoms with E-state index in [1.807, 2.05) is 91.0 Å². The summed E-state index contributed by atoms with van der Waals surface area (Å²) in [6, 6.07) is 31.3. The molecule has 0 bridgehead atoms. The molecule has 0 radical (unpaired) electrons. The summed E-state index contributed by atoms with van der Waals surface area (Å²) in [5, 5.41) is 14.4. The highest BCUT2D eigenvalue weighted by molar-refractivity contribution is 5.87. The predicted molar refractivity (Wildman–Crippen MR) is 246 cm³/mol. The number of alkyl carbamates (subject to hydrolysis) is 1. The average Bonchev–Trinajstić information content (AvgIpc) is 4.20. The molecule has 0 unspecified atom stereocenters. The molecule has 16 nitrogen and oxygen atoms in total. The number of aromatic amines is 2. The molecule has 8 rings (SSSR count). The molecular weight excluding hydrogens is 841 g/mol. The summed E-state index contributed by atoms with van der Waals surface area (Å²) in [7, 11) is 2.73. The van der Waals surface area contributed by atoms with E-state index in [1.165, 1.54) is 14.2 Å². The number of nitrogens with one attached hydrogen (secondary N) is 4. The number of H-pyrrole nitrogens is 2. The van der Waals surface area contributed by atoms with E-state index in [2.05, 4.69) is 37.7 Å². The first-order chi connectivity index (χ1) is 32.1. The number of amides is 4. The number of ether oxygens (including phenoxy) is 3. The van der Waals surface area contributed by atoms with Gasteiger partial charge in [0.15, 0.2) is 0 Å². The third-order valence-electron chi connectivity index (χ3n) is 12.4. The summed E-state index contributed by atoms with van der Waals surface area (Å²) in [4.78, 5) is 71.3. The van der Waals surface area contributed by atoms with E-state index in [1.54, 1.807) is 29.1 Å². The lowest BCUT2D eigenvalue weighted by molar-refractivity contribution is -0.137. The van der Waals surface area contributed by atoms with Gasteiger partial charge in [0.05, 0.1) is 49.1 Å². The Balaban J connectivity index is 0.896. The number of imidazole rings is 2. The Morgan fingerprint density at radius 2 is 1.23 bits per heavy atom. The molecule has 4 aromatic carbocycles. The van der Waals surface area contributed by atoms with E-state index in [9.17, 15) is 24.3 Å².